The van der Waals surface area contributed by atoms with Crippen molar-refractivity contribution >= 4 is 47.3 Å². The number of nitrogens with one attached hydrogen (secondary N) is 3. The quantitative estimate of drug-likeness (QED) is 0.240. The molecule has 3 atom stereocenters. The van der Waals surface area contributed by atoms with Gasteiger partial charge in [-0.25, -0.2) is 14.3 Å². The van der Waals surface area contributed by atoms with Crippen molar-refractivity contribution in [3.05, 3.63) is 47.2 Å². The fourth-order valence-corrected chi connectivity index (χ4v) is 6.29. The third-order valence-electron chi connectivity index (χ3n) is 5.85. The highest BCUT2D eigenvalue weighted by molar-refractivity contribution is 8.01. The van der Waals surface area contributed by atoms with E-state index in [1.165, 1.54) is 33.1 Å². The second kappa shape index (κ2) is 11.9. The van der Waals surface area contributed by atoms with Gasteiger partial charge >= 0.3 is 12.0 Å². The van der Waals surface area contributed by atoms with Crippen LogP contribution in [0.4, 0.5) is 4.79 Å². The number of carbonyl (C=O) groups is 4. The number of β-lactam (4-membered cyclic amide) rings is 1. The Labute approximate surface area is 227 Å². The minimum absolute atomic E-state index is 0.0855. The van der Waals surface area contributed by atoms with Crippen LogP contribution < -0.4 is 16.0 Å². The van der Waals surface area contributed by atoms with Crippen LogP contribution in [0.3, 0.4) is 0 Å². The average Bonchev–Trinajstić information content (AvgIpc) is 3.31. The van der Waals surface area contributed by atoms with Gasteiger partial charge in [0.05, 0.1) is 0 Å². The lowest BCUT2D eigenvalue weighted by Gasteiger charge is -2.49. The molecule has 0 spiro atoms. The fourth-order valence-electron chi connectivity index (χ4n) is 3.95. The predicted octanol–water partition coefficient (Wildman–Crippen LogP) is 0.737. The monoisotopic (exact) mass is 560 g/mol. The number of aryl methyl sites for hydroxylation is 1. The van der Waals surface area contributed by atoms with E-state index in [9.17, 15) is 24.3 Å². The van der Waals surface area contributed by atoms with Crippen molar-refractivity contribution in [2.45, 2.75) is 36.5 Å². The molecule has 4 rings (SSSR count). The topological polar surface area (TPSA) is 171 Å². The Morgan fingerprint density at radius 1 is 1.24 bits per heavy atom. The van der Waals surface area contributed by atoms with Gasteiger partial charge < -0.3 is 21.1 Å². The minimum atomic E-state index is -1.22. The maximum atomic E-state index is 13.3. The van der Waals surface area contributed by atoms with E-state index in [1.54, 1.807) is 37.4 Å². The highest BCUT2D eigenvalue weighted by Crippen LogP contribution is 2.41. The van der Waals surface area contributed by atoms with Crippen molar-refractivity contribution in [3.63, 3.8) is 0 Å². The summed E-state index contributed by atoms with van der Waals surface area (Å²) in [5.74, 6) is -1.42. The first-order valence-corrected chi connectivity index (χ1v) is 13.9. The molecule has 1 aromatic carbocycles. The van der Waals surface area contributed by atoms with Crippen molar-refractivity contribution < 1.29 is 24.3 Å². The number of tetrazole rings is 1. The van der Waals surface area contributed by atoms with Crippen LogP contribution in [0.2, 0.25) is 0 Å². The maximum absolute atomic E-state index is 13.3. The van der Waals surface area contributed by atoms with E-state index < -0.39 is 41.3 Å². The molecule has 4 N–H and O–H groups in total. The summed E-state index contributed by atoms with van der Waals surface area (Å²) < 4.78 is 1.48. The summed E-state index contributed by atoms with van der Waals surface area (Å²) in [6.45, 7) is 4.34. The van der Waals surface area contributed by atoms with Gasteiger partial charge in [-0.05, 0) is 27.5 Å². The maximum Gasteiger partial charge on any atom is 0.352 e. The van der Waals surface area contributed by atoms with Crippen molar-refractivity contribution in [3.8, 4) is 0 Å². The number of aliphatic carboxylic acids is 1. The van der Waals surface area contributed by atoms with E-state index >= 15 is 0 Å². The summed E-state index contributed by atoms with van der Waals surface area (Å²) >= 11 is 2.64. The molecule has 3 heterocycles. The molecule has 1 saturated heterocycles. The molecule has 38 heavy (non-hydrogen) atoms. The zero-order chi connectivity index (χ0) is 27.4. The zero-order valence-corrected chi connectivity index (χ0v) is 22.6. The Kier molecular flexibility index (Phi) is 8.56. The van der Waals surface area contributed by atoms with Gasteiger partial charge in [-0.15, -0.1) is 16.9 Å². The third-order valence-corrected chi connectivity index (χ3v) is 8.28. The molecule has 4 amide bonds. The van der Waals surface area contributed by atoms with Crippen LogP contribution in [0.15, 0.2) is 46.8 Å². The van der Waals surface area contributed by atoms with Gasteiger partial charge in [0.1, 0.15) is 23.2 Å². The molecule has 15 heteroatoms. The van der Waals surface area contributed by atoms with Gasteiger partial charge in [0.2, 0.25) is 11.1 Å². The molecule has 2 aliphatic heterocycles. The van der Waals surface area contributed by atoms with E-state index in [0.29, 0.717) is 34.3 Å². The van der Waals surface area contributed by atoms with Gasteiger partial charge in [-0.2, -0.15) is 0 Å². The number of aromatic nitrogens is 4. The summed E-state index contributed by atoms with van der Waals surface area (Å²) in [6, 6.07) is 6.23. The summed E-state index contributed by atoms with van der Waals surface area (Å²) in [6.07, 6.45) is 0. The number of hydrogen-bond donors (Lipinski definition) is 4. The van der Waals surface area contributed by atoms with Gasteiger partial charge in [-0.1, -0.05) is 55.9 Å². The van der Waals surface area contributed by atoms with Gasteiger partial charge in [0.25, 0.3) is 5.91 Å². The third kappa shape index (κ3) is 5.93. The fraction of sp³-hybridized carbons (Fsp3) is 0.435. The Bertz CT molecular complexity index is 1250. The largest absolute Gasteiger partial charge is 0.477 e. The number of nitrogens with zero attached hydrogens (tertiary/aromatic N) is 5. The molecule has 1 fully saturated rings. The average molecular weight is 561 g/mol. The van der Waals surface area contributed by atoms with E-state index in [-0.39, 0.29) is 11.6 Å². The Morgan fingerprint density at radius 3 is 2.61 bits per heavy atom. The molecule has 0 bridgehead atoms. The number of amides is 4. The molecule has 0 radical (unpaired) electrons. The molecule has 2 unspecified atom stereocenters. The molecular formula is C23H28N8O5S2. The standard InChI is InChI=1S/C23H28N8O5S2/c1-12(2)9-24-22(36)26-15(13-7-5-4-6-8-13)18(32)25-16-19(33)31-17(21(34)35)14(10-37-20(16)31)11-38-23-27-28-29-30(23)3/h4-8,12,15-16,20H,9-11H2,1-3H3,(H,25,32)(H,34,35)(H2,24,26,36)/t15?,16-,20?/m1/s1. The molecule has 202 valence electrons. The summed E-state index contributed by atoms with van der Waals surface area (Å²) in [5.41, 5.74) is 1.03. The number of hydrogen-bond acceptors (Lipinski definition) is 9. The predicted molar refractivity (Wildman–Crippen MR) is 140 cm³/mol. The summed E-state index contributed by atoms with van der Waals surface area (Å²) in [4.78, 5) is 52.2. The number of urea groups is 1. The zero-order valence-electron chi connectivity index (χ0n) is 21.0. The van der Waals surface area contributed by atoms with Gasteiger partial charge in [0.15, 0.2) is 0 Å². The SMILES string of the molecule is CC(C)CNC(=O)NC(C(=O)N[C@@H]1C(=O)N2C(C(=O)O)=C(CSc3nnnn3C)CSC12)c1ccccc1. The number of carbonyl (C=O) groups excluding carboxylic acids is 3. The Balaban J connectivity index is 1.47. The normalized spacial score (nSPS) is 19.5. The number of thioether (sulfide) groups is 2. The lowest BCUT2D eigenvalue weighted by atomic mass is 10.0. The van der Waals surface area contributed by atoms with Crippen LogP contribution in [-0.4, -0.2) is 83.5 Å². The molecule has 0 saturated carbocycles. The van der Waals surface area contributed by atoms with Crippen LogP contribution in [0, 0.1) is 5.92 Å². The summed E-state index contributed by atoms with van der Waals surface area (Å²) in [7, 11) is 1.68. The number of fused-ring (bicyclic) bond motifs is 1. The number of rotatable bonds is 10. The first-order valence-electron chi connectivity index (χ1n) is 11.8. The van der Waals surface area contributed by atoms with Crippen LogP contribution in [0.5, 0.6) is 0 Å². The molecule has 1 aromatic heterocycles. The van der Waals surface area contributed by atoms with Gasteiger partial charge in [-0.3, -0.25) is 14.5 Å². The Hall–Kier alpha value is -3.59. The lowest BCUT2D eigenvalue weighted by Crippen LogP contribution is -2.71. The van der Waals surface area contributed by atoms with Crippen molar-refractivity contribution in [1.82, 2.24) is 41.1 Å². The van der Waals surface area contributed by atoms with Crippen LogP contribution in [0.25, 0.3) is 0 Å². The highest BCUT2D eigenvalue weighted by Gasteiger charge is 2.54. The second-order valence-electron chi connectivity index (χ2n) is 9.12. The van der Waals surface area contributed by atoms with Crippen LogP contribution >= 0.6 is 23.5 Å². The smallest absolute Gasteiger partial charge is 0.352 e. The Morgan fingerprint density at radius 2 is 1.97 bits per heavy atom. The second-order valence-corrected chi connectivity index (χ2v) is 11.2. The molecular weight excluding hydrogens is 532 g/mol. The first kappa shape index (κ1) is 27.4. The van der Waals surface area contributed by atoms with Gasteiger partial charge in [0, 0.05) is 25.1 Å². The van der Waals surface area contributed by atoms with Crippen LogP contribution in [-0.2, 0) is 21.4 Å². The van der Waals surface area contributed by atoms with Crippen molar-refractivity contribution in [2.24, 2.45) is 13.0 Å². The first-order chi connectivity index (χ1) is 18.2. The molecule has 2 aromatic rings. The lowest BCUT2D eigenvalue weighted by molar-refractivity contribution is -0.151. The molecule has 13 nitrogen and oxygen atoms in total. The highest BCUT2D eigenvalue weighted by atomic mass is 32.2. The van der Waals surface area contributed by atoms with E-state index in [1.807, 2.05) is 13.8 Å². The van der Waals surface area contributed by atoms with E-state index in [2.05, 4.69) is 31.5 Å². The van der Waals surface area contributed by atoms with E-state index in [0.717, 1.165) is 0 Å². The molecule has 2 aliphatic rings. The summed E-state index contributed by atoms with van der Waals surface area (Å²) in [5, 5.41) is 29.2. The van der Waals surface area contributed by atoms with E-state index in [4.69, 9.17) is 0 Å². The minimum Gasteiger partial charge on any atom is -0.477 e. The number of benzene rings is 1. The number of carboxylic acids is 1. The van der Waals surface area contributed by atoms with Crippen molar-refractivity contribution in [1.29, 1.82) is 0 Å². The molecule has 0 aliphatic carbocycles. The van der Waals surface area contributed by atoms with Crippen molar-refractivity contribution in [2.75, 3.05) is 18.1 Å². The van der Waals surface area contributed by atoms with Crippen LogP contribution in [0.1, 0.15) is 25.5 Å². The number of carboxylic acid groups (broad SMARTS) is 1.